The summed E-state index contributed by atoms with van der Waals surface area (Å²) in [5, 5.41) is 4.72. The molecule has 0 aliphatic heterocycles. The maximum atomic E-state index is 5.86. The molecule has 5 nitrogen and oxygen atoms in total. The highest BCUT2D eigenvalue weighted by atomic mass is 35.5. The summed E-state index contributed by atoms with van der Waals surface area (Å²) in [7, 11) is 1.54. The molecule has 2 aromatic rings. The monoisotopic (exact) mass is 262 g/mol. The number of hydrogen-bond donors (Lipinski definition) is 1. The Kier molecular flexibility index (Phi) is 4.09. The second kappa shape index (κ2) is 5.97. The van der Waals surface area contributed by atoms with Gasteiger partial charge in [-0.05, 0) is 17.7 Å². The molecule has 0 radical (unpaired) electrons. The van der Waals surface area contributed by atoms with E-state index in [4.69, 9.17) is 16.3 Å². The number of nitrogens with zero attached hydrogens (tertiary/aromatic N) is 3. The highest BCUT2D eigenvalue weighted by Crippen LogP contribution is 2.11. The number of hydrazone groups is 1. The summed E-state index contributed by atoms with van der Waals surface area (Å²) in [6, 6.07) is 9.03. The van der Waals surface area contributed by atoms with Crippen molar-refractivity contribution in [1.82, 2.24) is 9.97 Å². The standard InChI is InChI=1S/C12H11ClN4O/c1-18-12-6-11(14-8-15-12)17-16-7-9-3-2-4-10(13)5-9/h2-8H,1H3,(H,14,15,17). The van der Waals surface area contributed by atoms with E-state index in [2.05, 4.69) is 20.5 Å². The molecule has 18 heavy (non-hydrogen) atoms. The average Bonchev–Trinajstić information content (AvgIpc) is 2.39. The Hall–Kier alpha value is -2.14. The zero-order chi connectivity index (χ0) is 12.8. The van der Waals surface area contributed by atoms with Crippen molar-refractivity contribution in [2.45, 2.75) is 0 Å². The van der Waals surface area contributed by atoms with Crippen molar-refractivity contribution in [1.29, 1.82) is 0 Å². The molecule has 1 N–H and O–H groups in total. The second-order valence-electron chi connectivity index (χ2n) is 3.37. The molecule has 1 aromatic carbocycles. The molecule has 0 aliphatic rings. The molecule has 0 unspecified atom stereocenters. The number of benzene rings is 1. The van der Waals surface area contributed by atoms with E-state index >= 15 is 0 Å². The molecule has 0 atom stereocenters. The second-order valence-corrected chi connectivity index (χ2v) is 3.81. The van der Waals surface area contributed by atoms with E-state index in [1.807, 2.05) is 24.3 Å². The van der Waals surface area contributed by atoms with Gasteiger partial charge < -0.3 is 4.74 Å². The number of anilines is 1. The fourth-order valence-electron chi connectivity index (χ4n) is 1.27. The van der Waals surface area contributed by atoms with Gasteiger partial charge in [-0.2, -0.15) is 5.10 Å². The minimum Gasteiger partial charge on any atom is -0.481 e. The van der Waals surface area contributed by atoms with Crippen molar-refractivity contribution in [3.63, 3.8) is 0 Å². The summed E-state index contributed by atoms with van der Waals surface area (Å²) in [6.07, 6.45) is 3.05. The Balaban J connectivity index is 2.02. The molecule has 6 heteroatoms. The number of aromatic nitrogens is 2. The van der Waals surface area contributed by atoms with E-state index in [1.165, 1.54) is 6.33 Å². The number of methoxy groups -OCH3 is 1. The van der Waals surface area contributed by atoms with Gasteiger partial charge in [0.1, 0.15) is 6.33 Å². The van der Waals surface area contributed by atoms with Gasteiger partial charge in [-0.1, -0.05) is 23.7 Å². The smallest absolute Gasteiger partial charge is 0.218 e. The summed E-state index contributed by atoms with van der Waals surface area (Å²) >= 11 is 5.86. The first-order valence-corrected chi connectivity index (χ1v) is 5.56. The lowest BCUT2D eigenvalue weighted by Crippen LogP contribution is -1.96. The average molecular weight is 263 g/mol. The van der Waals surface area contributed by atoms with Gasteiger partial charge in [0, 0.05) is 11.1 Å². The summed E-state index contributed by atoms with van der Waals surface area (Å²) < 4.78 is 4.97. The molecular formula is C12H11ClN4O. The van der Waals surface area contributed by atoms with Crippen molar-refractivity contribution in [3.8, 4) is 5.88 Å². The van der Waals surface area contributed by atoms with E-state index in [-0.39, 0.29) is 0 Å². The van der Waals surface area contributed by atoms with Crippen LogP contribution >= 0.6 is 11.6 Å². The number of halogens is 1. The fraction of sp³-hybridized carbons (Fsp3) is 0.0833. The molecule has 0 fully saturated rings. The quantitative estimate of drug-likeness (QED) is 0.680. The SMILES string of the molecule is COc1cc(NN=Cc2cccc(Cl)c2)ncn1. The molecule has 0 aliphatic carbocycles. The van der Waals surface area contributed by atoms with Crippen LogP contribution in [0.15, 0.2) is 41.8 Å². The Morgan fingerprint density at radius 3 is 3.00 bits per heavy atom. The van der Waals surface area contributed by atoms with E-state index in [9.17, 15) is 0 Å². The Morgan fingerprint density at radius 2 is 2.22 bits per heavy atom. The predicted octanol–water partition coefficient (Wildman–Crippen LogP) is 2.58. The maximum Gasteiger partial charge on any atom is 0.218 e. The van der Waals surface area contributed by atoms with Crippen LogP contribution in [0.3, 0.4) is 0 Å². The van der Waals surface area contributed by atoms with Crippen LogP contribution in [0, 0.1) is 0 Å². The number of ether oxygens (including phenoxy) is 1. The van der Waals surface area contributed by atoms with Gasteiger partial charge in [0.15, 0.2) is 5.82 Å². The Labute approximate surface area is 109 Å². The van der Waals surface area contributed by atoms with Gasteiger partial charge in [0.05, 0.1) is 13.3 Å². The van der Waals surface area contributed by atoms with Crippen molar-refractivity contribution >= 4 is 23.6 Å². The lowest BCUT2D eigenvalue weighted by molar-refractivity contribution is 0.397. The maximum absolute atomic E-state index is 5.86. The van der Waals surface area contributed by atoms with Gasteiger partial charge in [-0.25, -0.2) is 9.97 Å². The summed E-state index contributed by atoms with van der Waals surface area (Å²) in [4.78, 5) is 7.89. The zero-order valence-electron chi connectivity index (χ0n) is 9.67. The van der Waals surface area contributed by atoms with Crippen LogP contribution in [-0.2, 0) is 0 Å². The van der Waals surface area contributed by atoms with Crippen molar-refractivity contribution < 1.29 is 4.74 Å². The first-order chi connectivity index (χ1) is 8.78. The van der Waals surface area contributed by atoms with Crippen LogP contribution in [-0.4, -0.2) is 23.3 Å². The largest absolute Gasteiger partial charge is 0.481 e. The van der Waals surface area contributed by atoms with Crippen LogP contribution in [0.2, 0.25) is 5.02 Å². The van der Waals surface area contributed by atoms with Gasteiger partial charge in [-0.15, -0.1) is 0 Å². The molecule has 1 heterocycles. The molecule has 0 spiro atoms. The third kappa shape index (κ3) is 3.43. The molecular weight excluding hydrogens is 252 g/mol. The van der Waals surface area contributed by atoms with Gasteiger partial charge in [0.2, 0.25) is 5.88 Å². The normalized spacial score (nSPS) is 10.6. The number of hydrogen-bond acceptors (Lipinski definition) is 5. The lowest BCUT2D eigenvalue weighted by atomic mass is 10.2. The number of nitrogens with one attached hydrogen (secondary N) is 1. The topological polar surface area (TPSA) is 59.4 Å². The van der Waals surface area contributed by atoms with Crippen LogP contribution < -0.4 is 10.2 Å². The van der Waals surface area contributed by atoms with Crippen LogP contribution in [0.1, 0.15) is 5.56 Å². The minimum absolute atomic E-state index is 0.477. The van der Waals surface area contributed by atoms with Crippen LogP contribution in [0.4, 0.5) is 5.82 Å². The molecule has 92 valence electrons. The predicted molar refractivity (Wildman–Crippen MR) is 71.3 cm³/mol. The first kappa shape index (κ1) is 12.3. The molecule has 0 amide bonds. The molecule has 2 rings (SSSR count). The highest BCUT2D eigenvalue weighted by Gasteiger charge is 1.96. The first-order valence-electron chi connectivity index (χ1n) is 5.18. The van der Waals surface area contributed by atoms with Gasteiger partial charge in [-0.3, -0.25) is 5.43 Å². The van der Waals surface area contributed by atoms with Crippen LogP contribution in [0.5, 0.6) is 5.88 Å². The summed E-state index contributed by atoms with van der Waals surface area (Å²) in [6.45, 7) is 0. The molecule has 0 saturated carbocycles. The zero-order valence-corrected chi connectivity index (χ0v) is 10.4. The summed E-state index contributed by atoms with van der Waals surface area (Å²) in [5.41, 5.74) is 3.68. The van der Waals surface area contributed by atoms with Crippen molar-refractivity contribution in [3.05, 3.63) is 47.2 Å². The van der Waals surface area contributed by atoms with E-state index in [0.29, 0.717) is 16.7 Å². The molecule has 0 saturated heterocycles. The Bertz CT molecular complexity index is 559. The fourth-order valence-corrected chi connectivity index (χ4v) is 1.47. The van der Waals surface area contributed by atoms with Crippen molar-refractivity contribution in [2.24, 2.45) is 5.10 Å². The summed E-state index contributed by atoms with van der Waals surface area (Å²) in [5.74, 6) is 1.03. The minimum atomic E-state index is 0.477. The van der Waals surface area contributed by atoms with Crippen molar-refractivity contribution in [2.75, 3.05) is 12.5 Å². The third-order valence-electron chi connectivity index (χ3n) is 2.09. The highest BCUT2D eigenvalue weighted by molar-refractivity contribution is 6.30. The van der Waals surface area contributed by atoms with E-state index in [0.717, 1.165) is 5.56 Å². The molecule has 1 aromatic heterocycles. The van der Waals surface area contributed by atoms with Crippen LogP contribution in [0.25, 0.3) is 0 Å². The third-order valence-corrected chi connectivity index (χ3v) is 2.33. The lowest BCUT2D eigenvalue weighted by Gasteiger charge is -2.01. The Morgan fingerprint density at radius 1 is 1.33 bits per heavy atom. The van der Waals surface area contributed by atoms with E-state index in [1.54, 1.807) is 19.4 Å². The van der Waals surface area contributed by atoms with E-state index < -0.39 is 0 Å². The van der Waals surface area contributed by atoms with Gasteiger partial charge in [0.25, 0.3) is 0 Å². The van der Waals surface area contributed by atoms with Gasteiger partial charge >= 0.3 is 0 Å². The molecule has 0 bridgehead atoms. The number of rotatable bonds is 4.